The van der Waals surface area contributed by atoms with E-state index < -0.39 is 29.2 Å². The normalized spacial score (nSPS) is 21.6. The first-order chi connectivity index (χ1) is 19.3. The minimum Gasteiger partial charge on any atom is -0.366 e. The van der Waals surface area contributed by atoms with Crippen molar-refractivity contribution < 1.29 is 18.8 Å². The minimum absolute atomic E-state index is 0.0958. The van der Waals surface area contributed by atoms with Crippen molar-refractivity contribution in [1.29, 1.82) is 0 Å². The second-order valence-electron chi connectivity index (χ2n) is 11.9. The third-order valence-corrected chi connectivity index (χ3v) is 8.46. The molecule has 0 aliphatic carbocycles. The highest BCUT2D eigenvalue weighted by Gasteiger charge is 2.65. The van der Waals surface area contributed by atoms with Crippen LogP contribution in [0.4, 0.5) is 14.9 Å². The van der Waals surface area contributed by atoms with E-state index in [1.165, 1.54) is 6.07 Å². The van der Waals surface area contributed by atoms with Crippen LogP contribution < -0.4 is 16.4 Å². The van der Waals surface area contributed by atoms with Crippen LogP contribution in [0.5, 0.6) is 0 Å². The molecule has 5 rings (SSSR count). The van der Waals surface area contributed by atoms with Crippen LogP contribution in [0.25, 0.3) is 0 Å². The number of nitrogens with one attached hydrogen (secondary N) is 2. The molecule has 0 bridgehead atoms. The maximum absolute atomic E-state index is 15.8. The SMILES string of the molecule is CC(C)(C)CC1CN(C(=O)NCc2ccc(C(N)=O)cc2)C(c2cccc(Cl)c2F)C12C(=O)Nc1cc(Cl)ccc12. The Hall–Kier alpha value is -3.62. The van der Waals surface area contributed by atoms with Crippen molar-refractivity contribution in [2.45, 2.75) is 45.2 Å². The summed E-state index contributed by atoms with van der Waals surface area (Å²) in [7, 11) is 0. The average molecular weight is 598 g/mol. The smallest absolute Gasteiger partial charge is 0.318 e. The number of hydrogen-bond donors (Lipinski definition) is 3. The monoisotopic (exact) mass is 596 g/mol. The van der Waals surface area contributed by atoms with Gasteiger partial charge < -0.3 is 21.3 Å². The van der Waals surface area contributed by atoms with E-state index in [4.69, 9.17) is 28.9 Å². The van der Waals surface area contributed by atoms with Crippen LogP contribution in [-0.4, -0.2) is 29.3 Å². The highest BCUT2D eigenvalue weighted by molar-refractivity contribution is 6.31. The van der Waals surface area contributed by atoms with Gasteiger partial charge in [-0.15, -0.1) is 0 Å². The number of fused-ring (bicyclic) bond motifs is 2. The van der Waals surface area contributed by atoms with Crippen molar-refractivity contribution in [2.24, 2.45) is 17.1 Å². The number of carbonyl (C=O) groups is 3. The van der Waals surface area contributed by atoms with Gasteiger partial charge in [0.1, 0.15) is 11.2 Å². The van der Waals surface area contributed by atoms with Crippen LogP contribution in [0, 0.1) is 17.2 Å². The molecule has 0 aromatic heterocycles. The van der Waals surface area contributed by atoms with Gasteiger partial charge in [0.15, 0.2) is 0 Å². The number of primary amides is 1. The predicted octanol–water partition coefficient (Wildman–Crippen LogP) is 6.44. The van der Waals surface area contributed by atoms with E-state index in [0.717, 1.165) is 5.56 Å². The average Bonchev–Trinajstić information content (AvgIpc) is 3.38. The summed E-state index contributed by atoms with van der Waals surface area (Å²) in [5.74, 6) is -1.89. The molecule has 2 aliphatic heterocycles. The topological polar surface area (TPSA) is 105 Å². The predicted molar refractivity (Wildman–Crippen MR) is 157 cm³/mol. The Morgan fingerprint density at radius 1 is 1.12 bits per heavy atom. The summed E-state index contributed by atoms with van der Waals surface area (Å²) in [6.45, 7) is 6.57. The van der Waals surface area contributed by atoms with Crippen molar-refractivity contribution in [3.63, 3.8) is 0 Å². The van der Waals surface area contributed by atoms with Crippen molar-refractivity contribution in [3.8, 4) is 0 Å². The summed E-state index contributed by atoms with van der Waals surface area (Å²) in [6, 6.07) is 15.0. The molecule has 0 saturated carbocycles. The van der Waals surface area contributed by atoms with Crippen LogP contribution in [0.2, 0.25) is 10.0 Å². The first-order valence-corrected chi connectivity index (χ1v) is 14.1. The van der Waals surface area contributed by atoms with E-state index in [2.05, 4.69) is 31.4 Å². The highest BCUT2D eigenvalue weighted by atomic mass is 35.5. The van der Waals surface area contributed by atoms with Gasteiger partial charge in [0.25, 0.3) is 0 Å². The molecule has 1 fully saturated rings. The van der Waals surface area contributed by atoms with E-state index in [1.54, 1.807) is 59.5 Å². The summed E-state index contributed by atoms with van der Waals surface area (Å²) >= 11 is 12.5. The third kappa shape index (κ3) is 5.15. The Balaban J connectivity index is 1.62. The van der Waals surface area contributed by atoms with Crippen molar-refractivity contribution >= 4 is 46.7 Å². The molecule has 3 unspecified atom stereocenters. The Morgan fingerprint density at radius 3 is 2.49 bits per heavy atom. The van der Waals surface area contributed by atoms with Crippen molar-refractivity contribution in [3.05, 3.63) is 98.8 Å². The number of hydrogen-bond acceptors (Lipinski definition) is 3. The number of carbonyl (C=O) groups excluding carboxylic acids is 3. The van der Waals surface area contributed by atoms with E-state index in [1.807, 2.05) is 0 Å². The summed E-state index contributed by atoms with van der Waals surface area (Å²) in [5, 5.41) is 6.26. The molecule has 3 atom stereocenters. The number of rotatable bonds is 5. The number of nitrogens with zero attached hydrogens (tertiary/aromatic N) is 1. The third-order valence-electron chi connectivity index (χ3n) is 7.93. The fourth-order valence-corrected chi connectivity index (χ4v) is 6.69. The molecule has 4 amide bonds. The first kappa shape index (κ1) is 28.9. The lowest BCUT2D eigenvalue weighted by Gasteiger charge is -2.38. The quantitative estimate of drug-likeness (QED) is 0.315. The minimum atomic E-state index is -1.29. The fraction of sp³-hybridized carbons (Fsp3) is 0.323. The number of halogens is 3. The molecule has 4 N–H and O–H groups in total. The molecule has 2 heterocycles. The molecule has 214 valence electrons. The fourth-order valence-electron chi connectivity index (χ4n) is 6.34. The molecular weight excluding hydrogens is 566 g/mol. The first-order valence-electron chi connectivity index (χ1n) is 13.3. The summed E-state index contributed by atoms with van der Waals surface area (Å²) in [6.07, 6.45) is 0.583. The number of urea groups is 1. The van der Waals surface area contributed by atoms with Crippen LogP contribution in [-0.2, 0) is 16.8 Å². The molecule has 10 heteroatoms. The number of benzene rings is 3. The lowest BCUT2D eigenvalue weighted by Crippen LogP contribution is -2.47. The number of amides is 4. The molecule has 41 heavy (non-hydrogen) atoms. The van der Waals surface area contributed by atoms with Crippen LogP contribution >= 0.6 is 23.2 Å². The maximum Gasteiger partial charge on any atom is 0.318 e. The van der Waals surface area contributed by atoms with Gasteiger partial charge in [-0.1, -0.05) is 74.3 Å². The molecule has 7 nitrogen and oxygen atoms in total. The van der Waals surface area contributed by atoms with Gasteiger partial charge in [0, 0.05) is 34.9 Å². The molecular formula is C31H31Cl2FN4O3. The maximum atomic E-state index is 15.8. The Bertz CT molecular complexity index is 1540. The largest absolute Gasteiger partial charge is 0.366 e. The lowest BCUT2D eigenvalue weighted by molar-refractivity contribution is -0.123. The number of nitrogens with two attached hydrogens (primary N) is 1. The Kier molecular flexibility index (Phi) is 7.51. The van der Waals surface area contributed by atoms with E-state index in [-0.39, 0.29) is 40.9 Å². The molecule has 3 aromatic rings. The number of anilines is 1. The second kappa shape index (κ2) is 10.7. The van der Waals surface area contributed by atoms with Crippen LogP contribution in [0.1, 0.15) is 60.3 Å². The van der Waals surface area contributed by atoms with Gasteiger partial charge >= 0.3 is 6.03 Å². The van der Waals surface area contributed by atoms with Gasteiger partial charge in [0.2, 0.25) is 11.8 Å². The summed E-state index contributed by atoms with van der Waals surface area (Å²) in [5.41, 5.74) is 6.31. The van der Waals surface area contributed by atoms with Gasteiger partial charge in [0.05, 0.1) is 11.1 Å². The highest BCUT2D eigenvalue weighted by Crippen LogP contribution is 2.60. The summed E-state index contributed by atoms with van der Waals surface area (Å²) in [4.78, 5) is 41.1. The van der Waals surface area contributed by atoms with E-state index in [9.17, 15) is 14.4 Å². The van der Waals surface area contributed by atoms with Crippen molar-refractivity contribution in [1.82, 2.24) is 10.2 Å². The molecule has 0 radical (unpaired) electrons. The molecule has 2 aliphatic rings. The Morgan fingerprint density at radius 2 is 1.83 bits per heavy atom. The van der Waals surface area contributed by atoms with Gasteiger partial charge in [-0.05, 0) is 59.2 Å². The zero-order valence-corrected chi connectivity index (χ0v) is 24.4. The molecule has 1 spiro atoms. The second-order valence-corrected chi connectivity index (χ2v) is 12.7. The van der Waals surface area contributed by atoms with Gasteiger partial charge in [-0.2, -0.15) is 0 Å². The standard InChI is InChI=1S/C31H31Cl2FN4O3/c1-30(2,3)14-19-16-38(29(41)36-15-17-7-9-18(10-8-17)27(35)39)26(21-5-4-6-23(33)25(21)34)31(19)22-12-11-20(32)13-24(22)37-28(31)40/h4-13,19,26H,14-16H2,1-3H3,(H2,35,39)(H,36,41)(H,37,40). The number of likely N-dealkylation sites (tertiary alicyclic amines) is 1. The van der Waals surface area contributed by atoms with Crippen LogP contribution in [0.15, 0.2) is 60.7 Å². The van der Waals surface area contributed by atoms with E-state index in [0.29, 0.717) is 28.3 Å². The zero-order chi connectivity index (χ0) is 29.7. The molecule has 1 saturated heterocycles. The van der Waals surface area contributed by atoms with Crippen LogP contribution in [0.3, 0.4) is 0 Å². The zero-order valence-electron chi connectivity index (χ0n) is 22.9. The van der Waals surface area contributed by atoms with Gasteiger partial charge in [-0.25, -0.2) is 9.18 Å². The van der Waals surface area contributed by atoms with Crippen molar-refractivity contribution in [2.75, 3.05) is 11.9 Å². The lowest BCUT2D eigenvalue weighted by atomic mass is 9.63. The molecule has 3 aromatic carbocycles. The van der Waals surface area contributed by atoms with E-state index >= 15 is 4.39 Å². The Labute approximate surface area is 248 Å². The summed E-state index contributed by atoms with van der Waals surface area (Å²) < 4.78 is 15.8. The van der Waals surface area contributed by atoms with Gasteiger partial charge in [-0.3, -0.25) is 9.59 Å².